The molecule has 0 radical (unpaired) electrons. The molecule has 0 saturated carbocycles. The van der Waals surface area contributed by atoms with Crippen LogP contribution < -0.4 is 5.32 Å². The quantitative estimate of drug-likeness (QED) is 0.443. The Kier molecular flexibility index (Phi) is 8.65. The maximum absolute atomic E-state index is 9.72. The number of allylic oxidation sites excluding steroid dienone is 5. The molecule has 0 aromatic heterocycles. The van der Waals surface area contributed by atoms with Crippen LogP contribution in [0.1, 0.15) is 39.7 Å². The van der Waals surface area contributed by atoms with Gasteiger partial charge in [0.05, 0.1) is 12.1 Å². The van der Waals surface area contributed by atoms with Crippen molar-refractivity contribution in [1.29, 1.82) is 0 Å². The van der Waals surface area contributed by atoms with Gasteiger partial charge in [-0.1, -0.05) is 62.4 Å². The van der Waals surface area contributed by atoms with Crippen LogP contribution >= 0.6 is 12.2 Å². The Labute approximate surface area is 180 Å². The van der Waals surface area contributed by atoms with Crippen molar-refractivity contribution in [3.8, 4) is 5.75 Å². The molecule has 2 rings (SSSR count). The van der Waals surface area contributed by atoms with Crippen LogP contribution in [-0.2, 0) is 6.42 Å². The Morgan fingerprint density at radius 2 is 2.00 bits per heavy atom. The van der Waals surface area contributed by atoms with Crippen molar-refractivity contribution < 1.29 is 5.11 Å². The third-order valence-corrected chi connectivity index (χ3v) is 5.26. The van der Waals surface area contributed by atoms with Crippen LogP contribution in [0.2, 0.25) is 0 Å². The van der Waals surface area contributed by atoms with Gasteiger partial charge < -0.3 is 15.3 Å². The van der Waals surface area contributed by atoms with E-state index >= 15 is 0 Å². The summed E-state index contributed by atoms with van der Waals surface area (Å²) in [6.07, 6.45) is 13.8. The average Bonchev–Trinajstić information content (AvgIpc) is 2.88. The number of amidine groups is 1. The predicted octanol–water partition coefficient (Wildman–Crippen LogP) is 5.02. The number of hydrogen-bond donors (Lipinski definition) is 2. The predicted molar refractivity (Wildman–Crippen MR) is 128 cm³/mol. The van der Waals surface area contributed by atoms with E-state index in [0.29, 0.717) is 18.2 Å². The van der Waals surface area contributed by atoms with Crippen molar-refractivity contribution in [3.63, 3.8) is 0 Å². The second kappa shape index (κ2) is 11.0. The molecule has 5 heteroatoms. The van der Waals surface area contributed by atoms with Crippen LogP contribution in [0.25, 0.3) is 0 Å². The first kappa shape index (κ1) is 22.9. The van der Waals surface area contributed by atoms with Gasteiger partial charge in [0.2, 0.25) is 0 Å². The number of nitrogens with one attached hydrogen (secondary N) is 1. The fraction of sp³-hybridized carbons (Fsp3) is 0.417. The number of phenols is 1. The lowest BCUT2D eigenvalue weighted by Crippen LogP contribution is -2.48. The molecule has 0 spiro atoms. The molecule has 1 fully saturated rings. The number of thiocarbonyl (C=S) groups is 1. The molecule has 4 nitrogen and oxygen atoms in total. The minimum Gasteiger partial charge on any atom is -0.508 e. The lowest BCUT2D eigenvalue weighted by Gasteiger charge is -2.36. The Morgan fingerprint density at radius 1 is 1.24 bits per heavy atom. The van der Waals surface area contributed by atoms with Crippen molar-refractivity contribution >= 4 is 23.2 Å². The topological polar surface area (TPSA) is 47.9 Å². The van der Waals surface area contributed by atoms with E-state index in [9.17, 15) is 5.11 Å². The van der Waals surface area contributed by atoms with Crippen LogP contribution in [0.5, 0.6) is 5.75 Å². The van der Waals surface area contributed by atoms with Gasteiger partial charge in [0.15, 0.2) is 5.11 Å². The molecule has 1 heterocycles. The molecule has 1 unspecified atom stereocenters. The van der Waals surface area contributed by atoms with E-state index in [-0.39, 0.29) is 5.54 Å². The van der Waals surface area contributed by atoms with E-state index < -0.39 is 0 Å². The molecule has 1 aliphatic rings. The number of aliphatic imine (C=N–C) groups is 1. The van der Waals surface area contributed by atoms with E-state index in [1.54, 1.807) is 6.07 Å². The van der Waals surface area contributed by atoms with Crippen LogP contribution in [0.4, 0.5) is 0 Å². The van der Waals surface area contributed by atoms with Gasteiger partial charge in [0, 0.05) is 6.54 Å². The summed E-state index contributed by atoms with van der Waals surface area (Å²) in [7, 11) is 0. The number of phenolic OH excluding ortho intramolecular Hbond substituents is 1. The van der Waals surface area contributed by atoms with Gasteiger partial charge in [-0.2, -0.15) is 0 Å². The SMILES string of the molecule is C\C=C/C=C\C=C\CN=C1NC(=S)N(CCc2cccc(O)c2)C1(C)CC(C)C. The van der Waals surface area contributed by atoms with Crippen molar-refractivity contribution in [3.05, 3.63) is 66.3 Å². The minimum atomic E-state index is -0.253. The Morgan fingerprint density at radius 3 is 2.69 bits per heavy atom. The lowest BCUT2D eigenvalue weighted by molar-refractivity contribution is 0.248. The smallest absolute Gasteiger partial charge is 0.175 e. The zero-order valence-corrected chi connectivity index (χ0v) is 18.7. The van der Waals surface area contributed by atoms with E-state index in [1.165, 1.54) is 0 Å². The summed E-state index contributed by atoms with van der Waals surface area (Å²) in [4.78, 5) is 7.07. The van der Waals surface area contributed by atoms with Gasteiger partial charge >= 0.3 is 0 Å². The Balaban J connectivity index is 2.13. The maximum Gasteiger partial charge on any atom is 0.175 e. The van der Waals surface area contributed by atoms with Crippen LogP contribution in [0.15, 0.2) is 65.7 Å². The van der Waals surface area contributed by atoms with Crippen LogP contribution in [0, 0.1) is 5.92 Å². The van der Waals surface area contributed by atoms with Gasteiger partial charge in [-0.05, 0) is 62.5 Å². The summed E-state index contributed by atoms with van der Waals surface area (Å²) in [5.74, 6) is 1.75. The fourth-order valence-electron chi connectivity index (χ4n) is 3.69. The van der Waals surface area contributed by atoms with Crippen molar-refractivity contribution in [2.75, 3.05) is 13.1 Å². The molecule has 0 bridgehead atoms. The van der Waals surface area contributed by atoms with Crippen molar-refractivity contribution in [2.45, 2.75) is 46.1 Å². The maximum atomic E-state index is 9.72. The van der Waals surface area contributed by atoms with Gasteiger partial charge in [-0.3, -0.25) is 4.99 Å². The van der Waals surface area contributed by atoms with Gasteiger partial charge in [-0.25, -0.2) is 0 Å². The first-order chi connectivity index (χ1) is 13.9. The number of benzene rings is 1. The largest absolute Gasteiger partial charge is 0.508 e. The third kappa shape index (κ3) is 6.57. The van der Waals surface area contributed by atoms with E-state index in [2.05, 4.69) is 31.0 Å². The zero-order chi connectivity index (χ0) is 21.3. The highest BCUT2D eigenvalue weighted by Gasteiger charge is 2.44. The first-order valence-electron chi connectivity index (χ1n) is 10.2. The molecule has 1 saturated heterocycles. The van der Waals surface area contributed by atoms with Crippen molar-refractivity contribution in [1.82, 2.24) is 10.2 Å². The lowest BCUT2D eigenvalue weighted by atomic mass is 9.88. The fourth-order valence-corrected chi connectivity index (χ4v) is 4.08. The number of aromatic hydroxyl groups is 1. The highest BCUT2D eigenvalue weighted by atomic mass is 32.1. The summed E-state index contributed by atoms with van der Waals surface area (Å²) >= 11 is 5.66. The summed E-state index contributed by atoms with van der Waals surface area (Å²) in [5, 5.41) is 13.8. The molecule has 0 amide bonds. The third-order valence-electron chi connectivity index (χ3n) is 4.93. The molecule has 156 valence electrons. The normalized spacial score (nSPS) is 21.5. The molecule has 2 N–H and O–H groups in total. The summed E-state index contributed by atoms with van der Waals surface area (Å²) < 4.78 is 0. The highest BCUT2D eigenvalue weighted by molar-refractivity contribution is 7.80. The molecule has 29 heavy (non-hydrogen) atoms. The minimum absolute atomic E-state index is 0.253. The molecular weight excluding hydrogens is 378 g/mol. The standard InChI is InChI=1S/C24H33N3OS/c1-5-6-7-8-9-10-15-25-22-24(4,18-19(2)3)27(23(29)26-22)16-14-20-12-11-13-21(28)17-20/h5-13,17,19,28H,14-16,18H2,1-4H3,(H,25,26,29)/b6-5-,8-7-,10-9+. The summed E-state index contributed by atoms with van der Waals surface area (Å²) in [6, 6.07) is 7.42. The van der Waals surface area contributed by atoms with E-state index in [4.69, 9.17) is 17.2 Å². The molecule has 1 aliphatic heterocycles. The molecule has 1 aromatic carbocycles. The highest BCUT2D eigenvalue weighted by Crippen LogP contribution is 2.30. The van der Waals surface area contributed by atoms with E-state index in [1.807, 2.05) is 61.6 Å². The summed E-state index contributed by atoms with van der Waals surface area (Å²) in [5.41, 5.74) is 0.845. The molecule has 1 aromatic rings. The number of rotatable bonds is 9. The Hall–Kier alpha value is -2.40. The average molecular weight is 412 g/mol. The van der Waals surface area contributed by atoms with Gasteiger partial charge in [0.25, 0.3) is 0 Å². The zero-order valence-electron chi connectivity index (χ0n) is 17.9. The summed E-state index contributed by atoms with van der Waals surface area (Å²) in [6.45, 7) is 10.1. The van der Waals surface area contributed by atoms with Gasteiger partial charge in [0.1, 0.15) is 11.6 Å². The van der Waals surface area contributed by atoms with Crippen molar-refractivity contribution in [2.24, 2.45) is 10.9 Å². The van der Waals surface area contributed by atoms with E-state index in [0.717, 1.165) is 35.9 Å². The Bertz CT molecular complexity index is 810. The van der Waals surface area contributed by atoms with Crippen LogP contribution in [-0.4, -0.2) is 39.6 Å². The second-order valence-corrected chi connectivity index (χ2v) is 8.29. The molecule has 0 aliphatic carbocycles. The number of hydrogen-bond acceptors (Lipinski definition) is 3. The molecular formula is C24H33N3OS. The van der Waals surface area contributed by atoms with Gasteiger partial charge in [-0.15, -0.1) is 0 Å². The first-order valence-corrected chi connectivity index (χ1v) is 10.6. The monoisotopic (exact) mass is 411 g/mol. The molecule has 1 atom stereocenters. The number of nitrogens with zero attached hydrogens (tertiary/aromatic N) is 2. The second-order valence-electron chi connectivity index (χ2n) is 7.90. The van der Waals surface area contributed by atoms with Crippen LogP contribution in [0.3, 0.4) is 0 Å².